The van der Waals surface area contributed by atoms with Crippen LogP contribution in [0.3, 0.4) is 0 Å². The molecular formula is C20H25NO. The molecule has 0 aliphatic heterocycles. The molecule has 0 saturated heterocycles. The fourth-order valence-electron chi connectivity index (χ4n) is 2.69. The third-order valence-corrected chi connectivity index (χ3v) is 3.96. The van der Waals surface area contributed by atoms with Crippen LogP contribution in [0.1, 0.15) is 43.2 Å². The summed E-state index contributed by atoms with van der Waals surface area (Å²) in [5, 5.41) is 3.08. The number of hydrogen-bond acceptors (Lipinski definition) is 1. The van der Waals surface area contributed by atoms with Gasteiger partial charge >= 0.3 is 0 Å². The van der Waals surface area contributed by atoms with Crippen LogP contribution in [0.5, 0.6) is 0 Å². The fraction of sp³-hybridized carbons (Fsp3) is 0.350. The van der Waals surface area contributed by atoms with Crippen LogP contribution in [0.15, 0.2) is 60.7 Å². The Labute approximate surface area is 133 Å². The Bertz CT molecular complexity index is 550. The first-order valence-electron chi connectivity index (χ1n) is 8.18. The van der Waals surface area contributed by atoms with Gasteiger partial charge in [0.15, 0.2) is 0 Å². The van der Waals surface area contributed by atoms with Gasteiger partial charge in [-0.2, -0.15) is 0 Å². The Morgan fingerprint density at radius 1 is 0.955 bits per heavy atom. The van der Waals surface area contributed by atoms with Gasteiger partial charge < -0.3 is 5.32 Å². The summed E-state index contributed by atoms with van der Waals surface area (Å²) < 4.78 is 0. The molecule has 22 heavy (non-hydrogen) atoms. The highest BCUT2D eigenvalue weighted by molar-refractivity contribution is 5.83. The maximum atomic E-state index is 12.3. The Morgan fingerprint density at radius 3 is 2.23 bits per heavy atom. The minimum absolute atomic E-state index is 0.0321. The number of unbranched alkanes of at least 4 members (excludes halogenated alkanes) is 1. The first kappa shape index (κ1) is 16.3. The molecular weight excluding hydrogens is 270 g/mol. The van der Waals surface area contributed by atoms with Crippen molar-refractivity contribution in [3.8, 4) is 0 Å². The lowest BCUT2D eigenvalue weighted by molar-refractivity contribution is -0.122. The van der Waals surface area contributed by atoms with Crippen molar-refractivity contribution in [2.45, 2.75) is 38.5 Å². The van der Waals surface area contributed by atoms with Gasteiger partial charge in [-0.3, -0.25) is 4.79 Å². The van der Waals surface area contributed by atoms with E-state index >= 15 is 0 Å². The largest absolute Gasteiger partial charge is 0.356 e. The van der Waals surface area contributed by atoms with Crippen molar-refractivity contribution in [1.29, 1.82) is 0 Å². The van der Waals surface area contributed by atoms with Gasteiger partial charge in [0.25, 0.3) is 0 Å². The van der Waals surface area contributed by atoms with Crippen molar-refractivity contribution in [3.05, 3.63) is 71.8 Å². The quantitative estimate of drug-likeness (QED) is 0.722. The van der Waals surface area contributed by atoms with E-state index in [1.807, 2.05) is 36.4 Å². The number of nitrogens with one attached hydrogen (secondary N) is 1. The standard InChI is InChI=1S/C20H25NO/c1-2-19(18-14-7-4-8-15-18)20(22)21-16-10-9-13-17-11-5-3-6-12-17/h3-8,11-12,14-15,19H,2,9-10,13,16H2,1H3,(H,21,22). The molecule has 2 nitrogen and oxygen atoms in total. The Hall–Kier alpha value is -2.09. The molecule has 0 saturated carbocycles. The molecule has 1 unspecified atom stereocenters. The molecule has 0 radical (unpaired) electrons. The molecule has 0 heterocycles. The summed E-state index contributed by atoms with van der Waals surface area (Å²) in [6.07, 6.45) is 4.03. The molecule has 0 aliphatic rings. The Balaban J connectivity index is 1.71. The predicted octanol–water partition coefficient (Wildman–Crippen LogP) is 4.32. The van der Waals surface area contributed by atoms with Gasteiger partial charge in [-0.05, 0) is 36.8 Å². The highest BCUT2D eigenvalue weighted by Gasteiger charge is 2.17. The maximum Gasteiger partial charge on any atom is 0.227 e. The second kappa shape index (κ2) is 9.04. The number of amides is 1. The van der Waals surface area contributed by atoms with Crippen molar-refractivity contribution < 1.29 is 4.79 Å². The summed E-state index contributed by atoms with van der Waals surface area (Å²) in [6.45, 7) is 2.82. The van der Waals surface area contributed by atoms with E-state index in [-0.39, 0.29) is 11.8 Å². The molecule has 0 spiro atoms. The van der Waals surface area contributed by atoms with Crippen LogP contribution in [0.25, 0.3) is 0 Å². The average molecular weight is 295 g/mol. The smallest absolute Gasteiger partial charge is 0.227 e. The van der Waals surface area contributed by atoms with E-state index in [2.05, 4.69) is 36.5 Å². The molecule has 1 atom stereocenters. The Kier molecular flexibility index (Phi) is 6.69. The second-order valence-electron chi connectivity index (χ2n) is 5.61. The van der Waals surface area contributed by atoms with Crippen molar-refractivity contribution in [2.24, 2.45) is 0 Å². The third-order valence-electron chi connectivity index (χ3n) is 3.96. The number of benzene rings is 2. The van der Waals surface area contributed by atoms with E-state index in [1.165, 1.54) is 5.56 Å². The van der Waals surface area contributed by atoms with E-state index in [0.29, 0.717) is 0 Å². The summed E-state index contributed by atoms with van der Waals surface area (Å²) in [6, 6.07) is 20.5. The monoisotopic (exact) mass is 295 g/mol. The first-order chi connectivity index (χ1) is 10.8. The molecule has 2 aromatic rings. The second-order valence-corrected chi connectivity index (χ2v) is 5.61. The van der Waals surface area contributed by atoms with Crippen LogP contribution in [-0.4, -0.2) is 12.5 Å². The number of carbonyl (C=O) groups is 1. The molecule has 0 fully saturated rings. The topological polar surface area (TPSA) is 29.1 Å². The van der Waals surface area contributed by atoms with Gasteiger partial charge in [0.1, 0.15) is 0 Å². The van der Waals surface area contributed by atoms with Gasteiger partial charge in [-0.1, -0.05) is 67.6 Å². The molecule has 1 N–H and O–H groups in total. The zero-order valence-electron chi connectivity index (χ0n) is 13.3. The number of aryl methyl sites for hydroxylation is 1. The van der Waals surface area contributed by atoms with Gasteiger partial charge in [0.2, 0.25) is 5.91 Å². The van der Waals surface area contributed by atoms with Crippen LogP contribution in [0.2, 0.25) is 0 Å². The van der Waals surface area contributed by atoms with E-state index in [9.17, 15) is 4.79 Å². The van der Waals surface area contributed by atoms with Crippen molar-refractivity contribution in [1.82, 2.24) is 5.32 Å². The summed E-state index contributed by atoms with van der Waals surface area (Å²) in [5.41, 5.74) is 2.47. The zero-order valence-corrected chi connectivity index (χ0v) is 13.3. The van der Waals surface area contributed by atoms with Crippen LogP contribution in [0.4, 0.5) is 0 Å². The van der Waals surface area contributed by atoms with Crippen LogP contribution in [0, 0.1) is 0 Å². The van der Waals surface area contributed by atoms with Crippen LogP contribution < -0.4 is 5.32 Å². The highest BCUT2D eigenvalue weighted by Crippen LogP contribution is 2.19. The average Bonchev–Trinajstić information content (AvgIpc) is 2.57. The fourth-order valence-corrected chi connectivity index (χ4v) is 2.69. The molecule has 2 aromatic carbocycles. The lowest BCUT2D eigenvalue weighted by Crippen LogP contribution is -2.30. The van der Waals surface area contributed by atoms with Crippen molar-refractivity contribution in [3.63, 3.8) is 0 Å². The molecule has 2 heteroatoms. The minimum Gasteiger partial charge on any atom is -0.356 e. The van der Waals surface area contributed by atoms with Crippen molar-refractivity contribution >= 4 is 5.91 Å². The van der Waals surface area contributed by atoms with E-state index in [4.69, 9.17) is 0 Å². The maximum absolute atomic E-state index is 12.3. The molecule has 1 amide bonds. The van der Waals surface area contributed by atoms with E-state index < -0.39 is 0 Å². The normalized spacial score (nSPS) is 11.9. The first-order valence-corrected chi connectivity index (χ1v) is 8.18. The SMILES string of the molecule is CCC(C(=O)NCCCCc1ccccc1)c1ccccc1. The van der Waals surface area contributed by atoms with Crippen LogP contribution in [-0.2, 0) is 11.2 Å². The summed E-state index contributed by atoms with van der Waals surface area (Å²) >= 11 is 0. The summed E-state index contributed by atoms with van der Waals surface area (Å²) in [7, 11) is 0. The predicted molar refractivity (Wildman–Crippen MR) is 91.9 cm³/mol. The Morgan fingerprint density at radius 2 is 1.59 bits per heavy atom. The number of hydrogen-bond donors (Lipinski definition) is 1. The lowest BCUT2D eigenvalue weighted by atomic mass is 9.95. The van der Waals surface area contributed by atoms with Gasteiger partial charge in [-0.25, -0.2) is 0 Å². The number of rotatable bonds is 8. The van der Waals surface area contributed by atoms with Gasteiger partial charge in [0, 0.05) is 6.54 Å². The van der Waals surface area contributed by atoms with E-state index in [1.54, 1.807) is 0 Å². The molecule has 0 aliphatic carbocycles. The highest BCUT2D eigenvalue weighted by atomic mass is 16.1. The zero-order chi connectivity index (χ0) is 15.6. The summed E-state index contributed by atoms with van der Waals surface area (Å²) in [4.78, 5) is 12.3. The van der Waals surface area contributed by atoms with Gasteiger partial charge in [0.05, 0.1) is 5.92 Å². The number of carbonyl (C=O) groups excluding carboxylic acids is 1. The summed E-state index contributed by atoms with van der Waals surface area (Å²) in [5.74, 6) is 0.115. The molecule has 2 rings (SSSR count). The molecule has 116 valence electrons. The van der Waals surface area contributed by atoms with Crippen LogP contribution >= 0.6 is 0 Å². The van der Waals surface area contributed by atoms with Crippen molar-refractivity contribution in [2.75, 3.05) is 6.54 Å². The lowest BCUT2D eigenvalue weighted by Gasteiger charge is -2.15. The molecule has 0 bridgehead atoms. The van der Waals surface area contributed by atoms with Gasteiger partial charge in [-0.15, -0.1) is 0 Å². The minimum atomic E-state index is -0.0321. The van der Waals surface area contributed by atoms with E-state index in [0.717, 1.165) is 37.8 Å². The molecule has 0 aromatic heterocycles. The third kappa shape index (κ3) is 5.03.